The van der Waals surface area contributed by atoms with Gasteiger partial charge in [0.15, 0.2) is 0 Å². The van der Waals surface area contributed by atoms with E-state index in [0.29, 0.717) is 66.1 Å². The first-order chi connectivity index (χ1) is 44.0. The molecule has 10 nitrogen and oxygen atoms in total. The van der Waals surface area contributed by atoms with E-state index in [1.807, 2.05) is 72.8 Å². The largest absolute Gasteiger partial charge is 0.401 e. The second-order valence-corrected chi connectivity index (χ2v) is 30.8. The highest BCUT2D eigenvalue weighted by Gasteiger charge is 2.36. The van der Waals surface area contributed by atoms with Gasteiger partial charge < -0.3 is 4.90 Å². The molecule has 4 aromatic carbocycles. The van der Waals surface area contributed by atoms with Gasteiger partial charge in [0.25, 0.3) is 15.9 Å². The maximum atomic E-state index is 13.0. The summed E-state index contributed by atoms with van der Waals surface area (Å²) in [6.45, 7) is 8.19. The van der Waals surface area contributed by atoms with Crippen molar-refractivity contribution in [3.8, 4) is 0 Å². The minimum Gasteiger partial charge on any atom is -0.338 e. The quantitative estimate of drug-likeness (QED) is 0.134. The molecule has 0 bridgehead atoms. The zero-order valence-corrected chi connectivity index (χ0v) is 54.9. The average Bonchev–Trinajstić information content (AvgIpc) is 2.26. The van der Waals surface area contributed by atoms with E-state index in [4.69, 9.17) is 0 Å². The molecule has 0 spiro atoms. The number of allylic oxidation sites excluding steroid dienone is 8. The van der Waals surface area contributed by atoms with Crippen LogP contribution >= 0.6 is 22.7 Å². The number of pyridine rings is 1. The number of hydrogen-bond donors (Lipinski definition) is 0. The van der Waals surface area contributed by atoms with Crippen molar-refractivity contribution in [2.24, 2.45) is 17.8 Å². The van der Waals surface area contributed by atoms with Crippen molar-refractivity contribution in [2.75, 3.05) is 58.9 Å². The first-order valence-electron chi connectivity index (χ1n) is 31.9. The number of thiophene rings is 2. The predicted octanol–water partition coefficient (Wildman–Crippen LogP) is 15.6. The van der Waals surface area contributed by atoms with Crippen molar-refractivity contribution in [3.63, 3.8) is 0 Å². The highest BCUT2D eigenvalue weighted by atomic mass is 32.2. The molecule has 4 aliphatic carbocycles. The summed E-state index contributed by atoms with van der Waals surface area (Å²) in [6.07, 6.45) is 19.2. The lowest BCUT2D eigenvalue weighted by Crippen LogP contribution is -2.40. The maximum absolute atomic E-state index is 13.0. The van der Waals surface area contributed by atoms with Gasteiger partial charge in [-0.1, -0.05) is 127 Å². The van der Waals surface area contributed by atoms with E-state index in [1.54, 1.807) is 38.3 Å². The molecule has 0 saturated carbocycles. The molecule has 3 saturated heterocycles. The average molecular weight is 1300 g/mol. The van der Waals surface area contributed by atoms with Gasteiger partial charge in [0, 0.05) is 57.4 Å². The van der Waals surface area contributed by atoms with Crippen molar-refractivity contribution in [1.82, 2.24) is 23.4 Å². The Bertz CT molecular complexity index is 4150. The van der Waals surface area contributed by atoms with Crippen LogP contribution in [0.3, 0.4) is 0 Å². The summed E-state index contributed by atoms with van der Waals surface area (Å²) in [5, 5.41) is 3.77. The second-order valence-electron chi connectivity index (χ2n) is 24.8. The third-order valence-corrected chi connectivity index (χ3v) is 25.3. The van der Waals surface area contributed by atoms with Gasteiger partial charge in [-0.2, -0.15) is 21.8 Å². The minimum atomic E-state index is -4.08. The molecule has 0 atom stereocenters. The van der Waals surface area contributed by atoms with Gasteiger partial charge in [0.05, 0.1) is 22.0 Å². The van der Waals surface area contributed by atoms with Crippen molar-refractivity contribution in [2.45, 2.75) is 99.8 Å². The number of aromatic nitrogens is 1. The summed E-state index contributed by atoms with van der Waals surface area (Å²) < 4.78 is 91.9. The molecule has 0 N–H and O–H groups in total. The molecule has 91 heavy (non-hydrogen) atoms. The second kappa shape index (κ2) is 28.2. The fourth-order valence-electron chi connectivity index (χ4n) is 14.2. The molecular formula is C74H78F3N5O5S4. The molecular weight excluding hydrogens is 1220 g/mol. The molecule has 0 unspecified atom stereocenters. The lowest BCUT2D eigenvalue weighted by molar-refractivity contribution is -0.148. The standard InChI is InChI=1S/C22H25NO2S.C19H19NOS.C17H16N2O2S2.C16H18F3N/c1-16-7-9-20(15-17(16)2)26(24,25)23-13-11-19(12-14-23)22-10-8-18-5-3-4-6-21(18)22;21-19(18-6-3-13-22-18)20-11-9-15(10-12-20)17-8-7-14-4-1-2-5-16(14)17;20-23(21,17-4-2-12-22-17)19-10-7-13(8-11-19)14-5-6-16-15(14)3-1-9-18-16;17-16(18,19)11-20-9-7-13(8-10-20)15-6-5-12-3-1-2-4-14(12)15/h3-7,9-10,15,19H,8,11-14H2,1-2H3;1-6,8,13,15H,7,9-12H2;1-5,7,9,12H,6,8,10-11H2;1-4,6,13H,5,7-11H2. The van der Waals surface area contributed by atoms with Crippen LogP contribution in [0.5, 0.6) is 0 Å². The van der Waals surface area contributed by atoms with Crippen LogP contribution in [0.2, 0.25) is 0 Å². The van der Waals surface area contributed by atoms with E-state index in [-0.39, 0.29) is 5.91 Å². The summed E-state index contributed by atoms with van der Waals surface area (Å²) in [4.78, 5) is 21.6. The third-order valence-electron chi connectivity index (χ3n) is 19.3. The smallest absolute Gasteiger partial charge is 0.338 e. The number of rotatable bonds is 10. The molecule has 474 valence electrons. The Labute approximate surface area is 543 Å². The minimum absolute atomic E-state index is 0.203. The van der Waals surface area contributed by atoms with Crippen LogP contribution in [0.4, 0.5) is 13.2 Å². The monoisotopic (exact) mass is 1300 g/mol. The molecule has 8 aliphatic rings. The normalized spacial score (nSPS) is 19.0. The summed E-state index contributed by atoms with van der Waals surface area (Å²) in [5.41, 5.74) is 19.5. The van der Waals surface area contributed by atoms with E-state index >= 15 is 0 Å². The Morgan fingerprint density at radius 1 is 0.538 bits per heavy atom. The topological polar surface area (TPSA) is 111 Å². The molecule has 15 rings (SSSR count). The van der Waals surface area contributed by atoms with Crippen molar-refractivity contribution < 1.29 is 34.8 Å². The third kappa shape index (κ3) is 14.7. The Hall–Kier alpha value is -6.83. The Morgan fingerprint density at radius 3 is 1.59 bits per heavy atom. The van der Waals surface area contributed by atoms with Gasteiger partial charge in [-0.3, -0.25) is 14.7 Å². The zero-order chi connectivity index (χ0) is 63.3. The highest BCUT2D eigenvalue weighted by molar-refractivity contribution is 7.91. The predicted molar refractivity (Wildman–Crippen MR) is 362 cm³/mol. The van der Waals surface area contributed by atoms with Gasteiger partial charge in [-0.05, 0) is 222 Å². The number of piperidine rings is 3. The zero-order valence-electron chi connectivity index (χ0n) is 51.7. The molecule has 7 aromatic rings. The van der Waals surface area contributed by atoms with E-state index in [2.05, 4.69) is 96.0 Å². The van der Waals surface area contributed by atoms with Crippen LogP contribution < -0.4 is 0 Å². The number of alkyl halides is 3. The van der Waals surface area contributed by atoms with E-state index in [0.717, 1.165) is 105 Å². The summed E-state index contributed by atoms with van der Waals surface area (Å²) in [7, 11) is -6.75. The Morgan fingerprint density at radius 2 is 1.08 bits per heavy atom. The first-order valence-corrected chi connectivity index (χ1v) is 36.5. The summed E-state index contributed by atoms with van der Waals surface area (Å²) in [6, 6.07) is 42.5. The fraction of sp³-hybridized carbons (Fsp3) is 0.351. The number of halogens is 3. The lowest BCUT2D eigenvalue weighted by Gasteiger charge is -2.33. The summed E-state index contributed by atoms with van der Waals surface area (Å²) in [5.74, 6) is 1.69. The van der Waals surface area contributed by atoms with E-state index < -0.39 is 32.8 Å². The molecule has 7 heterocycles. The van der Waals surface area contributed by atoms with Crippen molar-refractivity contribution in [3.05, 3.63) is 241 Å². The number of aryl methyl sites for hydroxylation is 2. The number of amides is 1. The lowest BCUT2D eigenvalue weighted by atomic mass is 9.86. The van der Waals surface area contributed by atoms with Crippen LogP contribution in [-0.2, 0) is 45.7 Å². The van der Waals surface area contributed by atoms with Gasteiger partial charge >= 0.3 is 6.18 Å². The molecule has 17 heteroatoms. The fourth-order valence-corrected chi connectivity index (χ4v) is 19.0. The van der Waals surface area contributed by atoms with Crippen LogP contribution in [0.15, 0.2) is 189 Å². The van der Waals surface area contributed by atoms with E-state index in [1.165, 1.54) is 94.4 Å². The molecule has 0 radical (unpaired) electrons. The van der Waals surface area contributed by atoms with Crippen LogP contribution in [0.25, 0.3) is 22.3 Å². The van der Waals surface area contributed by atoms with Gasteiger partial charge in [0.2, 0.25) is 10.0 Å². The Balaban J connectivity index is 0.000000118. The number of likely N-dealkylation sites (tertiary alicyclic amines) is 2. The van der Waals surface area contributed by atoms with Crippen LogP contribution in [-0.4, -0.2) is 111 Å². The molecule has 3 aromatic heterocycles. The van der Waals surface area contributed by atoms with Gasteiger partial charge in [0.1, 0.15) is 4.21 Å². The number of hydrogen-bond acceptors (Lipinski definition) is 9. The number of benzene rings is 4. The first kappa shape index (κ1) is 64.3. The van der Waals surface area contributed by atoms with Crippen molar-refractivity contribution in [1.29, 1.82) is 0 Å². The number of carbonyl (C=O) groups is 1. The van der Waals surface area contributed by atoms with Crippen molar-refractivity contribution >= 4 is 70.9 Å². The number of nitrogens with zero attached hydrogens (tertiary/aromatic N) is 5. The van der Waals surface area contributed by atoms with Crippen LogP contribution in [0, 0.1) is 31.6 Å². The molecule has 1 amide bonds. The molecule has 3 fully saturated rings. The maximum Gasteiger partial charge on any atom is 0.401 e. The molecule has 4 aliphatic heterocycles. The van der Waals surface area contributed by atoms with Gasteiger partial charge in [-0.25, -0.2) is 16.8 Å². The Kier molecular flexibility index (Phi) is 19.9. The number of carbonyl (C=O) groups excluding carboxylic acids is 1. The SMILES string of the molecule is Cc1ccc(S(=O)(=O)N2CCC(C3=CCc4ccccc43)CC2)cc1C.FC(F)(F)CN1CCC(C2=CCc3ccccc32)CC1.O=C(c1cccs1)N1CCC(C2=CCc3ccccc32)CC1.O=S(=O)(c1cccs1)N1CC=C(C2=CCc3ncccc32)CC1. The number of sulfonamides is 2. The van der Waals surface area contributed by atoms with Crippen LogP contribution in [0.1, 0.15) is 110 Å². The summed E-state index contributed by atoms with van der Waals surface area (Å²) >= 11 is 2.81. The van der Waals surface area contributed by atoms with E-state index in [9.17, 15) is 34.8 Å². The highest BCUT2D eigenvalue weighted by Crippen LogP contribution is 2.42. The van der Waals surface area contributed by atoms with Gasteiger partial charge in [-0.15, -0.1) is 22.7 Å². The number of fused-ring (bicyclic) bond motifs is 4.